The van der Waals surface area contributed by atoms with Crippen LogP contribution in [0.15, 0.2) is 23.1 Å². The Morgan fingerprint density at radius 3 is 2.77 bits per heavy atom. The van der Waals surface area contributed by atoms with Crippen LogP contribution in [-0.4, -0.2) is 36.9 Å². The third kappa shape index (κ3) is 2.25. The summed E-state index contributed by atoms with van der Waals surface area (Å²) in [6.45, 7) is 2.05. The van der Waals surface area contributed by atoms with Crippen LogP contribution in [0.25, 0.3) is 0 Å². The lowest BCUT2D eigenvalue weighted by molar-refractivity contribution is -0.149. The van der Waals surface area contributed by atoms with Crippen LogP contribution in [0.1, 0.15) is 24.8 Å². The Balaban J connectivity index is 1.96. The van der Waals surface area contributed by atoms with Crippen molar-refractivity contribution in [2.75, 3.05) is 13.1 Å². The van der Waals surface area contributed by atoms with Gasteiger partial charge in [0.25, 0.3) is 0 Å². The fourth-order valence-electron chi connectivity index (χ4n) is 3.82. The van der Waals surface area contributed by atoms with Crippen molar-refractivity contribution in [3.8, 4) is 0 Å². The summed E-state index contributed by atoms with van der Waals surface area (Å²) in [5.41, 5.74) is -0.332. The Bertz CT molecular complexity index is 733. The number of sulfonamides is 1. The van der Waals surface area contributed by atoms with E-state index in [0.29, 0.717) is 17.0 Å². The molecule has 7 heteroatoms. The predicted octanol–water partition coefficient (Wildman–Crippen LogP) is 2.52. The van der Waals surface area contributed by atoms with Crippen LogP contribution in [0.3, 0.4) is 0 Å². The highest BCUT2D eigenvalue weighted by Gasteiger charge is 2.57. The Hall–Kier alpha value is -1.11. The van der Waals surface area contributed by atoms with Crippen molar-refractivity contribution in [2.45, 2.75) is 31.1 Å². The first-order valence-electron chi connectivity index (χ1n) is 7.27. The maximum atomic E-state index is 12.9. The molecule has 1 aromatic carbocycles. The molecule has 22 heavy (non-hydrogen) atoms. The number of carboxylic acid groups (broad SMARTS) is 1. The van der Waals surface area contributed by atoms with Crippen molar-refractivity contribution >= 4 is 27.6 Å². The molecule has 0 spiro atoms. The van der Waals surface area contributed by atoms with Gasteiger partial charge in [-0.25, -0.2) is 8.42 Å². The molecular formula is C15H18ClNO4S. The zero-order valence-corrected chi connectivity index (χ0v) is 13.8. The van der Waals surface area contributed by atoms with E-state index in [1.807, 2.05) is 0 Å². The van der Waals surface area contributed by atoms with Gasteiger partial charge in [-0.1, -0.05) is 18.0 Å². The minimum Gasteiger partial charge on any atom is -0.481 e. The molecule has 1 aliphatic carbocycles. The van der Waals surface area contributed by atoms with Crippen molar-refractivity contribution in [3.05, 3.63) is 28.8 Å². The molecule has 0 aromatic heterocycles. The van der Waals surface area contributed by atoms with Crippen molar-refractivity contribution in [1.29, 1.82) is 0 Å². The van der Waals surface area contributed by atoms with Crippen LogP contribution in [-0.2, 0) is 14.8 Å². The van der Waals surface area contributed by atoms with Gasteiger partial charge in [0.15, 0.2) is 0 Å². The van der Waals surface area contributed by atoms with Gasteiger partial charge in [-0.3, -0.25) is 4.79 Å². The van der Waals surface area contributed by atoms with E-state index in [1.165, 1.54) is 10.4 Å². The maximum Gasteiger partial charge on any atom is 0.311 e. The zero-order valence-electron chi connectivity index (χ0n) is 12.3. The van der Waals surface area contributed by atoms with Gasteiger partial charge in [-0.05, 0) is 49.4 Å². The summed E-state index contributed by atoms with van der Waals surface area (Å²) < 4.78 is 27.0. The first-order chi connectivity index (χ1) is 10.3. The number of aryl methyl sites for hydroxylation is 1. The molecule has 1 aromatic rings. The molecule has 1 N–H and O–H groups in total. The number of nitrogens with zero attached hydrogens (tertiary/aromatic N) is 1. The summed E-state index contributed by atoms with van der Waals surface area (Å²) in [5, 5.41) is 10.1. The number of carbonyl (C=O) groups is 1. The third-order valence-electron chi connectivity index (χ3n) is 5.02. The highest BCUT2D eigenvalue weighted by atomic mass is 35.5. The van der Waals surface area contributed by atoms with Gasteiger partial charge in [0, 0.05) is 18.1 Å². The molecule has 0 radical (unpaired) electrons. The third-order valence-corrected chi connectivity index (χ3v) is 7.23. The van der Waals surface area contributed by atoms with Gasteiger partial charge in [-0.15, -0.1) is 0 Å². The molecule has 2 aliphatic rings. The predicted molar refractivity (Wildman–Crippen MR) is 82.4 cm³/mol. The van der Waals surface area contributed by atoms with Crippen LogP contribution >= 0.6 is 11.6 Å². The molecular weight excluding hydrogens is 326 g/mol. The number of halogens is 1. The van der Waals surface area contributed by atoms with Crippen LogP contribution in [0, 0.1) is 18.3 Å². The van der Waals surface area contributed by atoms with E-state index < -0.39 is 21.4 Å². The van der Waals surface area contributed by atoms with Crippen LogP contribution < -0.4 is 0 Å². The van der Waals surface area contributed by atoms with Crippen LogP contribution in [0.5, 0.6) is 0 Å². The minimum absolute atomic E-state index is 0.0669. The molecule has 1 saturated carbocycles. The molecule has 0 amide bonds. The SMILES string of the molecule is Cc1cc(Cl)ccc1S(=O)(=O)N1C[C@@H]2CCC[C@@]2(C(=O)O)C1. The van der Waals surface area contributed by atoms with Gasteiger partial charge in [0.1, 0.15) is 0 Å². The number of fused-ring (bicyclic) bond motifs is 1. The molecule has 1 heterocycles. The van der Waals surface area contributed by atoms with E-state index in [4.69, 9.17) is 11.6 Å². The first-order valence-corrected chi connectivity index (χ1v) is 9.09. The largest absolute Gasteiger partial charge is 0.481 e. The molecule has 0 unspecified atom stereocenters. The second-order valence-corrected chi connectivity index (χ2v) is 8.60. The standard InChI is InChI=1S/C15H18ClNO4S/c1-10-7-12(16)4-5-13(10)22(20,21)17-8-11-3-2-6-15(11,9-17)14(18)19/h4-5,7,11H,2-3,6,8-9H2,1H3,(H,18,19)/t11-,15+/m0/s1. The molecule has 3 rings (SSSR count). The lowest BCUT2D eigenvalue weighted by atomic mass is 9.81. The summed E-state index contributed by atoms with van der Waals surface area (Å²) in [6, 6.07) is 4.65. The van der Waals surface area contributed by atoms with Crippen molar-refractivity contribution in [3.63, 3.8) is 0 Å². The van der Waals surface area contributed by atoms with Gasteiger partial charge >= 0.3 is 5.97 Å². The average Bonchev–Trinajstić information content (AvgIpc) is 2.95. The quantitative estimate of drug-likeness (QED) is 0.915. The van der Waals surface area contributed by atoms with Crippen molar-refractivity contribution in [2.24, 2.45) is 11.3 Å². The van der Waals surface area contributed by atoms with E-state index in [9.17, 15) is 18.3 Å². The topological polar surface area (TPSA) is 74.7 Å². The van der Waals surface area contributed by atoms with Gasteiger partial charge in [0.05, 0.1) is 10.3 Å². The lowest BCUT2D eigenvalue weighted by Crippen LogP contribution is -2.37. The van der Waals surface area contributed by atoms with E-state index in [-0.39, 0.29) is 23.9 Å². The molecule has 0 bridgehead atoms. The monoisotopic (exact) mass is 343 g/mol. The molecule has 5 nitrogen and oxygen atoms in total. The Morgan fingerprint density at radius 1 is 1.45 bits per heavy atom. The van der Waals surface area contributed by atoms with E-state index >= 15 is 0 Å². The summed E-state index contributed by atoms with van der Waals surface area (Å²) in [6.07, 6.45) is 2.18. The number of hydrogen-bond acceptors (Lipinski definition) is 3. The summed E-state index contributed by atoms with van der Waals surface area (Å²) in [4.78, 5) is 11.9. The zero-order chi connectivity index (χ0) is 16.1. The van der Waals surface area contributed by atoms with E-state index in [2.05, 4.69) is 0 Å². The van der Waals surface area contributed by atoms with E-state index in [0.717, 1.165) is 12.8 Å². The summed E-state index contributed by atoms with van der Waals surface area (Å²) >= 11 is 5.88. The first kappa shape index (κ1) is 15.8. The van der Waals surface area contributed by atoms with E-state index in [1.54, 1.807) is 19.1 Å². The normalized spacial score (nSPS) is 28.7. The number of aliphatic carboxylic acids is 1. The van der Waals surface area contributed by atoms with Gasteiger partial charge < -0.3 is 5.11 Å². The number of carboxylic acids is 1. The van der Waals surface area contributed by atoms with Crippen molar-refractivity contribution < 1.29 is 18.3 Å². The molecule has 1 saturated heterocycles. The number of rotatable bonds is 3. The number of hydrogen-bond donors (Lipinski definition) is 1. The highest BCUT2D eigenvalue weighted by molar-refractivity contribution is 7.89. The number of benzene rings is 1. The fraction of sp³-hybridized carbons (Fsp3) is 0.533. The average molecular weight is 344 g/mol. The minimum atomic E-state index is -3.69. The second kappa shape index (κ2) is 5.22. The molecule has 120 valence electrons. The fourth-order valence-corrected chi connectivity index (χ4v) is 5.80. The van der Waals surface area contributed by atoms with Gasteiger partial charge in [-0.2, -0.15) is 4.31 Å². The van der Waals surface area contributed by atoms with Crippen molar-refractivity contribution in [1.82, 2.24) is 4.31 Å². The molecule has 2 atom stereocenters. The lowest BCUT2D eigenvalue weighted by Gasteiger charge is -2.23. The van der Waals surface area contributed by atoms with Gasteiger partial charge in [0.2, 0.25) is 10.0 Å². The maximum absolute atomic E-state index is 12.9. The smallest absolute Gasteiger partial charge is 0.311 e. The Kier molecular flexibility index (Phi) is 3.74. The summed E-state index contributed by atoms with van der Waals surface area (Å²) in [7, 11) is -3.69. The molecule has 1 aliphatic heterocycles. The highest BCUT2D eigenvalue weighted by Crippen LogP contribution is 2.50. The second-order valence-electron chi connectivity index (χ2n) is 6.26. The molecule has 2 fully saturated rings. The summed E-state index contributed by atoms with van der Waals surface area (Å²) in [5.74, 6) is -0.965. The Labute approximate surface area is 134 Å². The Morgan fingerprint density at radius 2 is 2.18 bits per heavy atom. The van der Waals surface area contributed by atoms with Crippen LogP contribution in [0.4, 0.5) is 0 Å². The van der Waals surface area contributed by atoms with Crippen LogP contribution in [0.2, 0.25) is 5.02 Å².